The predicted octanol–water partition coefficient (Wildman–Crippen LogP) is 1.26. The molecule has 8 aliphatic rings. The van der Waals surface area contributed by atoms with E-state index in [0.29, 0.717) is 31.1 Å². The van der Waals surface area contributed by atoms with Crippen molar-refractivity contribution in [1.29, 1.82) is 0 Å². The molecule has 0 unspecified atom stereocenters. The van der Waals surface area contributed by atoms with E-state index in [-0.39, 0.29) is 41.5 Å². The van der Waals surface area contributed by atoms with E-state index in [0.717, 1.165) is 51.6 Å². The highest BCUT2D eigenvalue weighted by molar-refractivity contribution is 5.29. The molecule has 7 N–H and O–H groups in total. The molecular weight excluding hydrogens is 664 g/mol. The Bertz CT molecular complexity index is 1320. The van der Waals surface area contributed by atoms with Gasteiger partial charge in [0.1, 0.15) is 42.7 Å². The highest BCUT2D eigenvalue weighted by atomic mass is 16.7. The Hall–Kier alpha value is -0.780. The summed E-state index contributed by atoms with van der Waals surface area (Å²) >= 11 is 0. The zero-order chi connectivity index (χ0) is 36.2. The predicted molar refractivity (Wildman–Crippen MR) is 178 cm³/mol. The number of hydrogen-bond acceptors (Lipinski definition) is 13. The van der Waals surface area contributed by atoms with Crippen LogP contribution in [0.3, 0.4) is 0 Å². The average Bonchev–Trinajstić information content (AvgIpc) is 3.56. The first kappa shape index (κ1) is 37.2. The molecule has 13 nitrogen and oxygen atoms in total. The molecular formula is C38H60O13. The lowest BCUT2D eigenvalue weighted by molar-refractivity contribution is -0.334. The first-order valence-corrected chi connectivity index (χ1v) is 19.5. The fourth-order valence-electron chi connectivity index (χ4n) is 11.8. The molecule has 8 rings (SSSR count). The standard InChI is InChI=1S/C38H60O13/c1-18-7-12-37(47-16-18)14-24-25(51-37)15-38(45)23-6-5-20-13-21(8-10-35(20,3)22(23)9-11-36(24,38)4)49-34-32(44)30(42)28(40)26(50-34)17-46-33-31(43)29(41)27(39)19(2)48-33/h5,18-19,21-34,39-45H,6-17H2,1-4H3/t18-,19-,21-,22+,23+,24-,25-,26+,27-,28+,29+,30-,31+,32+,33+,34+,35+,36-,37-,38-/m1/s1. The summed E-state index contributed by atoms with van der Waals surface area (Å²) in [5.74, 6) is 0.819. The van der Waals surface area contributed by atoms with Crippen molar-refractivity contribution >= 4 is 0 Å². The van der Waals surface area contributed by atoms with Crippen LogP contribution in [0.1, 0.15) is 91.9 Å². The van der Waals surface area contributed by atoms with Crippen molar-refractivity contribution in [2.24, 2.45) is 34.5 Å². The van der Waals surface area contributed by atoms with Gasteiger partial charge < -0.3 is 64.2 Å². The van der Waals surface area contributed by atoms with E-state index in [1.165, 1.54) is 12.5 Å². The van der Waals surface area contributed by atoms with Crippen LogP contribution >= 0.6 is 0 Å². The van der Waals surface area contributed by atoms with Gasteiger partial charge in [0.2, 0.25) is 0 Å². The Morgan fingerprint density at radius 1 is 0.784 bits per heavy atom. The SMILES string of the molecule is C[C@@H]1CC[C@@]2(C[C@@H]3[C@@H](C[C@@]4(O)[C@H]5CC=C6C[C@H](O[C@H]7O[C@@H](CO[C@H]8O[C@H](C)[C@@H](O)[C@H](O)[C@@H]8O)[C@H](O)[C@@H](O)[C@@H]7O)CC[C@]6(C)[C@H]5CC[C@]34C)O2)OC1. The Kier molecular flexibility index (Phi) is 9.60. The first-order valence-electron chi connectivity index (χ1n) is 19.5. The number of ether oxygens (including phenoxy) is 6. The summed E-state index contributed by atoms with van der Waals surface area (Å²) in [7, 11) is 0. The van der Waals surface area contributed by atoms with Crippen LogP contribution in [-0.2, 0) is 28.4 Å². The molecule has 4 aliphatic carbocycles. The first-order chi connectivity index (χ1) is 24.1. The molecule has 290 valence electrons. The van der Waals surface area contributed by atoms with Crippen LogP contribution in [0.5, 0.6) is 0 Å². The lowest BCUT2D eigenvalue weighted by Crippen LogP contribution is -2.62. The van der Waals surface area contributed by atoms with Crippen molar-refractivity contribution in [3.63, 3.8) is 0 Å². The molecule has 20 atom stereocenters. The van der Waals surface area contributed by atoms with Gasteiger partial charge in [-0.2, -0.15) is 0 Å². The Morgan fingerprint density at radius 3 is 2.27 bits per heavy atom. The zero-order valence-electron chi connectivity index (χ0n) is 30.4. The van der Waals surface area contributed by atoms with Crippen LogP contribution in [0, 0.1) is 34.5 Å². The smallest absolute Gasteiger partial charge is 0.186 e. The second-order valence-corrected chi connectivity index (χ2v) is 18.0. The van der Waals surface area contributed by atoms with E-state index in [1.54, 1.807) is 0 Å². The molecule has 0 aromatic heterocycles. The molecule has 7 fully saturated rings. The van der Waals surface area contributed by atoms with Crippen molar-refractivity contribution in [2.45, 2.75) is 177 Å². The fraction of sp³-hybridized carbons (Fsp3) is 0.947. The number of hydrogen-bond donors (Lipinski definition) is 7. The van der Waals surface area contributed by atoms with E-state index in [1.807, 2.05) is 0 Å². The van der Waals surface area contributed by atoms with Crippen molar-refractivity contribution in [3.05, 3.63) is 11.6 Å². The maximum Gasteiger partial charge on any atom is 0.186 e. The number of rotatable bonds is 5. The molecule has 3 saturated carbocycles. The van der Waals surface area contributed by atoms with Gasteiger partial charge in [0.05, 0.1) is 37.1 Å². The molecule has 13 heteroatoms. The molecule has 1 spiro atoms. The van der Waals surface area contributed by atoms with Gasteiger partial charge in [-0.25, -0.2) is 0 Å². The van der Waals surface area contributed by atoms with Crippen molar-refractivity contribution in [1.82, 2.24) is 0 Å². The van der Waals surface area contributed by atoms with E-state index in [4.69, 9.17) is 28.4 Å². The molecule has 0 aromatic rings. The topological polar surface area (TPSA) is 197 Å². The van der Waals surface area contributed by atoms with Crippen molar-refractivity contribution < 1.29 is 64.2 Å². The largest absolute Gasteiger partial charge is 0.389 e. The van der Waals surface area contributed by atoms with Crippen molar-refractivity contribution in [2.75, 3.05) is 13.2 Å². The third kappa shape index (κ3) is 5.83. The summed E-state index contributed by atoms with van der Waals surface area (Å²) in [6.45, 7) is 8.82. The second-order valence-electron chi connectivity index (χ2n) is 18.0. The monoisotopic (exact) mass is 724 g/mol. The van der Waals surface area contributed by atoms with Gasteiger partial charge in [0, 0.05) is 24.7 Å². The average molecular weight is 725 g/mol. The van der Waals surface area contributed by atoms with Crippen LogP contribution in [0.15, 0.2) is 11.6 Å². The van der Waals surface area contributed by atoms with Crippen LogP contribution in [0.2, 0.25) is 0 Å². The maximum absolute atomic E-state index is 12.7. The summed E-state index contributed by atoms with van der Waals surface area (Å²) in [4.78, 5) is 0. The van der Waals surface area contributed by atoms with Crippen molar-refractivity contribution in [3.8, 4) is 0 Å². The fourth-order valence-corrected chi connectivity index (χ4v) is 11.8. The highest BCUT2D eigenvalue weighted by Crippen LogP contribution is 2.71. The zero-order valence-corrected chi connectivity index (χ0v) is 30.4. The minimum atomic E-state index is -1.57. The molecule has 0 radical (unpaired) electrons. The number of allylic oxidation sites excluding steroid dienone is 1. The lowest BCUT2D eigenvalue weighted by atomic mass is 9.45. The molecule has 4 heterocycles. The van der Waals surface area contributed by atoms with Gasteiger partial charge in [0.25, 0.3) is 0 Å². The van der Waals surface area contributed by atoms with E-state index >= 15 is 0 Å². The van der Waals surface area contributed by atoms with Gasteiger partial charge in [-0.1, -0.05) is 32.4 Å². The maximum atomic E-state index is 12.7. The summed E-state index contributed by atoms with van der Waals surface area (Å²) in [6, 6.07) is 0. The molecule has 4 aliphatic heterocycles. The van der Waals surface area contributed by atoms with E-state index in [2.05, 4.69) is 26.8 Å². The number of aliphatic hydroxyl groups is 7. The molecule has 0 aromatic carbocycles. The second kappa shape index (κ2) is 13.2. The molecule has 0 bridgehead atoms. The summed E-state index contributed by atoms with van der Waals surface area (Å²) < 4.78 is 36.5. The number of aliphatic hydroxyl groups excluding tert-OH is 6. The summed E-state index contributed by atoms with van der Waals surface area (Å²) in [6.07, 6.45) is -2.77. The van der Waals surface area contributed by atoms with Crippen LogP contribution in [-0.4, -0.2) is 134 Å². The highest BCUT2D eigenvalue weighted by Gasteiger charge is 2.72. The van der Waals surface area contributed by atoms with Gasteiger partial charge in [-0.15, -0.1) is 0 Å². The number of fused-ring (bicyclic) bond motifs is 7. The van der Waals surface area contributed by atoms with E-state index in [9.17, 15) is 35.7 Å². The molecule has 0 amide bonds. The molecule has 51 heavy (non-hydrogen) atoms. The quantitative estimate of drug-likeness (QED) is 0.201. The van der Waals surface area contributed by atoms with Crippen LogP contribution in [0.4, 0.5) is 0 Å². The normalized spacial score (nSPS) is 58.4. The van der Waals surface area contributed by atoms with Crippen LogP contribution < -0.4 is 0 Å². The summed E-state index contributed by atoms with van der Waals surface area (Å²) in [5.41, 5.74) is 0.165. The van der Waals surface area contributed by atoms with Gasteiger partial charge >= 0.3 is 0 Å². The Morgan fingerprint density at radius 2 is 1.53 bits per heavy atom. The minimum Gasteiger partial charge on any atom is -0.389 e. The molecule has 4 saturated heterocycles. The van der Waals surface area contributed by atoms with Gasteiger partial charge in [-0.05, 0) is 81.0 Å². The Balaban J connectivity index is 0.916. The minimum absolute atomic E-state index is 0.0165. The van der Waals surface area contributed by atoms with Crippen LogP contribution in [0.25, 0.3) is 0 Å². The van der Waals surface area contributed by atoms with E-state index < -0.39 is 72.8 Å². The third-order valence-corrected chi connectivity index (χ3v) is 15.2. The van der Waals surface area contributed by atoms with Gasteiger partial charge in [-0.3, -0.25) is 0 Å². The lowest BCUT2D eigenvalue weighted by Gasteiger charge is -2.61. The Labute approximate surface area is 300 Å². The third-order valence-electron chi connectivity index (χ3n) is 15.2. The van der Waals surface area contributed by atoms with Gasteiger partial charge in [0.15, 0.2) is 18.4 Å². The summed E-state index contributed by atoms with van der Waals surface area (Å²) in [5, 5.41) is 75.4.